The number of fused-ring (bicyclic) bond motifs is 1. The third kappa shape index (κ3) is 3.32. The fraction of sp³-hybridized carbons (Fsp3) is 0.429. The molecule has 1 aliphatic carbocycles. The summed E-state index contributed by atoms with van der Waals surface area (Å²) in [6.07, 6.45) is 2.31. The Morgan fingerprint density at radius 3 is 2.57 bits per heavy atom. The molecular weight excluding hydrogens is 356 g/mol. The number of hydrogen-bond donors (Lipinski definition) is 2. The van der Waals surface area contributed by atoms with Gasteiger partial charge in [0.15, 0.2) is 5.78 Å². The molecule has 3 N–H and O–H groups in total. The molecule has 0 radical (unpaired) electrons. The zero-order chi connectivity index (χ0) is 19.8. The van der Waals surface area contributed by atoms with Gasteiger partial charge in [0.1, 0.15) is 5.75 Å². The average Bonchev–Trinajstić information content (AvgIpc) is 2.67. The van der Waals surface area contributed by atoms with Gasteiger partial charge in [-0.15, -0.1) is 0 Å². The van der Waals surface area contributed by atoms with Crippen molar-refractivity contribution in [1.82, 2.24) is 9.97 Å². The molecule has 1 amide bonds. The highest BCUT2D eigenvalue weighted by molar-refractivity contribution is 5.99. The van der Waals surface area contributed by atoms with E-state index in [0.717, 1.165) is 11.3 Å². The van der Waals surface area contributed by atoms with Crippen molar-refractivity contribution in [2.24, 2.45) is 11.7 Å². The number of rotatable bonds is 3. The molecule has 1 aromatic heterocycles. The van der Waals surface area contributed by atoms with Gasteiger partial charge in [0.2, 0.25) is 11.9 Å². The second kappa shape index (κ2) is 7.22. The molecule has 2 aromatic rings. The Bertz CT molecular complexity index is 935. The van der Waals surface area contributed by atoms with Crippen molar-refractivity contribution in [2.75, 3.05) is 18.0 Å². The maximum absolute atomic E-state index is 12.8. The summed E-state index contributed by atoms with van der Waals surface area (Å²) in [4.78, 5) is 35.5. The molecule has 0 spiro atoms. The highest BCUT2D eigenvalue weighted by Crippen LogP contribution is 2.37. The normalized spacial score (nSPS) is 20.1. The molecule has 2 aliphatic rings. The number of aromatic nitrogens is 2. The van der Waals surface area contributed by atoms with E-state index in [2.05, 4.69) is 9.88 Å². The molecule has 1 saturated heterocycles. The van der Waals surface area contributed by atoms with Crippen molar-refractivity contribution >= 4 is 17.6 Å². The number of primary amides is 1. The summed E-state index contributed by atoms with van der Waals surface area (Å²) in [6, 6.07) is 7.16. The zero-order valence-electron chi connectivity index (χ0n) is 15.9. The molecular formula is C21H24N4O3. The number of aryl methyl sites for hydroxylation is 1. The fourth-order valence-electron chi connectivity index (χ4n) is 4.32. The molecule has 1 aromatic carbocycles. The van der Waals surface area contributed by atoms with Crippen LogP contribution in [0, 0.1) is 12.8 Å². The summed E-state index contributed by atoms with van der Waals surface area (Å²) < 4.78 is 0. The molecule has 28 heavy (non-hydrogen) atoms. The van der Waals surface area contributed by atoms with Gasteiger partial charge in [-0.1, -0.05) is 18.2 Å². The van der Waals surface area contributed by atoms with Gasteiger partial charge < -0.3 is 15.7 Å². The van der Waals surface area contributed by atoms with Crippen LogP contribution in [-0.4, -0.2) is 39.9 Å². The lowest BCUT2D eigenvalue weighted by Gasteiger charge is -2.32. The first-order valence-electron chi connectivity index (χ1n) is 9.67. The molecule has 0 saturated carbocycles. The van der Waals surface area contributed by atoms with E-state index < -0.39 is 0 Å². The maximum Gasteiger partial charge on any atom is 0.225 e. The molecule has 1 aliphatic heterocycles. The number of phenols is 1. The third-order valence-corrected chi connectivity index (χ3v) is 5.86. The first-order valence-corrected chi connectivity index (χ1v) is 9.67. The highest BCUT2D eigenvalue weighted by atomic mass is 16.3. The van der Waals surface area contributed by atoms with Crippen molar-refractivity contribution in [3.8, 4) is 5.75 Å². The van der Waals surface area contributed by atoms with Gasteiger partial charge in [-0.25, -0.2) is 9.97 Å². The number of ketones is 1. The van der Waals surface area contributed by atoms with Crippen molar-refractivity contribution in [3.63, 3.8) is 0 Å². The van der Waals surface area contributed by atoms with Crippen LogP contribution in [0.15, 0.2) is 24.3 Å². The van der Waals surface area contributed by atoms with Gasteiger partial charge >= 0.3 is 0 Å². The first-order chi connectivity index (χ1) is 13.4. The minimum atomic E-state index is -0.252. The van der Waals surface area contributed by atoms with Crippen LogP contribution in [0.4, 0.5) is 5.95 Å². The molecule has 2 heterocycles. The minimum Gasteiger partial charge on any atom is -0.508 e. The summed E-state index contributed by atoms with van der Waals surface area (Å²) in [6.45, 7) is 3.18. The van der Waals surface area contributed by atoms with Crippen LogP contribution in [0.3, 0.4) is 0 Å². The van der Waals surface area contributed by atoms with E-state index in [4.69, 9.17) is 10.7 Å². The van der Waals surface area contributed by atoms with Crippen molar-refractivity contribution in [1.29, 1.82) is 0 Å². The number of hydrogen-bond acceptors (Lipinski definition) is 6. The summed E-state index contributed by atoms with van der Waals surface area (Å²) in [5.41, 5.74) is 8.24. The number of benzene rings is 1. The quantitative estimate of drug-likeness (QED) is 0.844. The van der Waals surface area contributed by atoms with Gasteiger partial charge in [-0.3, -0.25) is 9.59 Å². The molecule has 4 rings (SSSR count). The molecule has 1 atom stereocenters. The number of aromatic hydroxyl groups is 1. The lowest BCUT2D eigenvalue weighted by atomic mass is 9.81. The van der Waals surface area contributed by atoms with Crippen LogP contribution in [-0.2, 0) is 11.2 Å². The van der Waals surface area contributed by atoms with E-state index in [1.165, 1.54) is 0 Å². The summed E-state index contributed by atoms with van der Waals surface area (Å²) in [5, 5.41) is 10.2. The summed E-state index contributed by atoms with van der Waals surface area (Å²) in [5.74, 6) is 0.392. The average molecular weight is 380 g/mol. The topological polar surface area (TPSA) is 109 Å². The Balaban J connectivity index is 1.62. The Kier molecular flexibility index (Phi) is 4.75. The van der Waals surface area contributed by atoms with E-state index in [1.54, 1.807) is 12.1 Å². The second-order valence-electron chi connectivity index (χ2n) is 7.68. The van der Waals surface area contributed by atoms with E-state index in [9.17, 15) is 14.7 Å². The smallest absolute Gasteiger partial charge is 0.225 e. The van der Waals surface area contributed by atoms with Gasteiger partial charge in [-0.05, 0) is 37.8 Å². The van der Waals surface area contributed by atoms with Gasteiger partial charge in [-0.2, -0.15) is 0 Å². The predicted molar refractivity (Wildman–Crippen MR) is 104 cm³/mol. The van der Waals surface area contributed by atoms with Gasteiger partial charge in [0.05, 0.1) is 17.0 Å². The van der Waals surface area contributed by atoms with Crippen molar-refractivity contribution in [3.05, 3.63) is 46.8 Å². The number of nitrogens with two attached hydrogens (primary N) is 1. The Labute approximate surface area is 163 Å². The third-order valence-electron chi connectivity index (χ3n) is 5.86. The fourth-order valence-corrected chi connectivity index (χ4v) is 4.32. The Morgan fingerprint density at radius 1 is 1.18 bits per heavy atom. The van der Waals surface area contributed by atoms with Crippen LogP contribution in [0.5, 0.6) is 5.75 Å². The lowest BCUT2D eigenvalue weighted by Crippen LogP contribution is -2.39. The number of carbonyl (C=O) groups excluding carboxylic acids is 2. The number of carbonyl (C=O) groups is 2. The minimum absolute atomic E-state index is 0.0194. The standard InChI is InChI=1S/C21H24N4O3/c1-12-19-16(10-14(11-18(19)27)15-4-2-3-5-17(15)26)24-21(23-12)25-8-6-13(7-9-25)20(22)28/h2-5,13-14,26H,6-11H2,1H3,(H2,22,28)/t14-/m0/s1. The predicted octanol–water partition coefficient (Wildman–Crippen LogP) is 2.11. The number of amides is 1. The maximum atomic E-state index is 12.8. The van der Waals surface area contributed by atoms with E-state index >= 15 is 0 Å². The summed E-state index contributed by atoms with van der Waals surface area (Å²) in [7, 11) is 0. The van der Waals surface area contributed by atoms with Crippen LogP contribution < -0.4 is 10.6 Å². The lowest BCUT2D eigenvalue weighted by molar-refractivity contribution is -0.122. The van der Waals surface area contributed by atoms with Crippen LogP contribution >= 0.6 is 0 Å². The largest absolute Gasteiger partial charge is 0.508 e. The van der Waals surface area contributed by atoms with Gasteiger partial charge in [0, 0.05) is 31.3 Å². The molecule has 7 nitrogen and oxygen atoms in total. The number of nitrogens with zero attached hydrogens (tertiary/aromatic N) is 3. The zero-order valence-corrected chi connectivity index (χ0v) is 15.9. The summed E-state index contributed by atoms with van der Waals surface area (Å²) >= 11 is 0. The molecule has 7 heteroatoms. The molecule has 0 bridgehead atoms. The number of para-hydroxylation sites is 1. The van der Waals surface area contributed by atoms with Gasteiger partial charge in [0.25, 0.3) is 0 Å². The molecule has 0 unspecified atom stereocenters. The van der Waals surface area contributed by atoms with E-state index in [1.807, 2.05) is 19.1 Å². The monoisotopic (exact) mass is 380 g/mol. The number of piperidine rings is 1. The number of phenolic OH excluding ortho intramolecular Hbond substituents is 1. The Hall–Kier alpha value is -2.96. The van der Waals surface area contributed by atoms with Crippen LogP contribution in [0.1, 0.15) is 52.5 Å². The second-order valence-corrected chi connectivity index (χ2v) is 7.68. The Morgan fingerprint density at radius 2 is 1.89 bits per heavy atom. The van der Waals surface area contributed by atoms with Crippen LogP contribution in [0.2, 0.25) is 0 Å². The van der Waals surface area contributed by atoms with Crippen molar-refractivity contribution < 1.29 is 14.7 Å². The van der Waals surface area contributed by atoms with E-state index in [0.29, 0.717) is 56.0 Å². The molecule has 1 fully saturated rings. The SMILES string of the molecule is Cc1nc(N2CCC(C(N)=O)CC2)nc2c1C(=O)C[C@@H](c1ccccc1O)C2. The number of anilines is 1. The van der Waals surface area contributed by atoms with Crippen LogP contribution in [0.25, 0.3) is 0 Å². The van der Waals surface area contributed by atoms with E-state index in [-0.39, 0.29) is 29.3 Å². The van der Waals surface area contributed by atoms with Crippen molar-refractivity contribution in [2.45, 2.75) is 38.5 Å². The number of Topliss-reactive ketones (excluding diaryl/α,β-unsaturated/α-hetero) is 1. The highest BCUT2D eigenvalue weighted by Gasteiger charge is 2.32. The first kappa shape index (κ1) is 18.4. The molecule has 146 valence electrons.